The van der Waals surface area contributed by atoms with Crippen LogP contribution in [0.2, 0.25) is 0 Å². The molecule has 1 aliphatic heterocycles. The summed E-state index contributed by atoms with van der Waals surface area (Å²) in [6.45, 7) is 4.49. The molecule has 0 aromatic heterocycles. The Kier molecular flexibility index (Phi) is 6.88. The van der Waals surface area contributed by atoms with Crippen LogP contribution in [0.1, 0.15) is 43.7 Å². The van der Waals surface area contributed by atoms with Crippen molar-refractivity contribution in [3.05, 3.63) is 59.7 Å². The quantitative estimate of drug-likeness (QED) is 0.648. The molecule has 1 unspecified atom stereocenters. The molecule has 1 heterocycles. The van der Waals surface area contributed by atoms with Gasteiger partial charge in [-0.25, -0.2) is 9.59 Å². The SMILES string of the molecule is CC(C)(CCC(=O)N1CCOC(C(=O)O)C1)NC(=O)OCC1c2ccccc2-c2ccccc21. The van der Waals surface area contributed by atoms with E-state index in [0.717, 1.165) is 11.1 Å². The molecule has 0 radical (unpaired) electrons. The maximum absolute atomic E-state index is 12.6. The van der Waals surface area contributed by atoms with E-state index in [4.69, 9.17) is 14.6 Å². The molecular formula is C26H30N2O6. The molecule has 1 saturated heterocycles. The zero-order valence-electron chi connectivity index (χ0n) is 19.5. The number of carbonyl (C=O) groups is 3. The summed E-state index contributed by atoms with van der Waals surface area (Å²) >= 11 is 0. The summed E-state index contributed by atoms with van der Waals surface area (Å²) in [6.07, 6.45) is -0.949. The van der Waals surface area contributed by atoms with E-state index in [1.807, 2.05) is 38.1 Å². The van der Waals surface area contributed by atoms with Crippen molar-refractivity contribution in [2.24, 2.45) is 0 Å². The Balaban J connectivity index is 1.29. The van der Waals surface area contributed by atoms with Crippen LogP contribution in [-0.2, 0) is 19.1 Å². The molecular weight excluding hydrogens is 436 g/mol. The number of carboxylic acids is 1. The second-order valence-corrected chi connectivity index (χ2v) is 9.37. The van der Waals surface area contributed by atoms with Gasteiger partial charge in [0.2, 0.25) is 5.91 Å². The molecule has 0 spiro atoms. The topological polar surface area (TPSA) is 105 Å². The number of alkyl carbamates (subject to hydrolysis) is 1. The van der Waals surface area contributed by atoms with Crippen LogP contribution in [-0.4, -0.2) is 65.9 Å². The van der Waals surface area contributed by atoms with E-state index in [2.05, 4.69) is 29.6 Å². The van der Waals surface area contributed by atoms with E-state index in [0.29, 0.717) is 13.0 Å². The fourth-order valence-electron chi connectivity index (χ4n) is 4.58. The van der Waals surface area contributed by atoms with Crippen LogP contribution in [0.15, 0.2) is 48.5 Å². The maximum Gasteiger partial charge on any atom is 0.407 e. The third-order valence-electron chi connectivity index (χ3n) is 6.44. The highest BCUT2D eigenvalue weighted by Gasteiger charge is 2.32. The number of amides is 2. The van der Waals surface area contributed by atoms with Crippen molar-refractivity contribution >= 4 is 18.0 Å². The summed E-state index contributed by atoms with van der Waals surface area (Å²) in [7, 11) is 0. The normalized spacial score (nSPS) is 17.6. The predicted octanol–water partition coefficient (Wildman–Crippen LogP) is 3.40. The van der Waals surface area contributed by atoms with E-state index in [1.165, 1.54) is 16.0 Å². The van der Waals surface area contributed by atoms with E-state index >= 15 is 0 Å². The zero-order valence-corrected chi connectivity index (χ0v) is 19.5. The number of hydrogen-bond acceptors (Lipinski definition) is 5. The number of hydrogen-bond donors (Lipinski definition) is 2. The maximum atomic E-state index is 12.6. The minimum Gasteiger partial charge on any atom is -0.479 e. The molecule has 8 heteroatoms. The van der Waals surface area contributed by atoms with Crippen molar-refractivity contribution in [2.75, 3.05) is 26.3 Å². The number of carbonyl (C=O) groups excluding carboxylic acids is 2. The van der Waals surface area contributed by atoms with Gasteiger partial charge in [0.15, 0.2) is 6.10 Å². The Labute approximate surface area is 198 Å². The fraction of sp³-hybridized carbons (Fsp3) is 0.423. The monoisotopic (exact) mass is 466 g/mol. The molecule has 2 N–H and O–H groups in total. The number of carboxylic acid groups (broad SMARTS) is 1. The lowest BCUT2D eigenvalue weighted by molar-refractivity contribution is -0.159. The average Bonchev–Trinajstić information content (AvgIpc) is 3.15. The Hall–Kier alpha value is -3.39. The smallest absolute Gasteiger partial charge is 0.407 e. The van der Waals surface area contributed by atoms with Crippen molar-refractivity contribution in [3.63, 3.8) is 0 Å². The summed E-state index contributed by atoms with van der Waals surface area (Å²) in [6, 6.07) is 16.3. The minimum absolute atomic E-state index is 0.0219. The highest BCUT2D eigenvalue weighted by atomic mass is 16.5. The van der Waals surface area contributed by atoms with Gasteiger partial charge in [-0.15, -0.1) is 0 Å². The number of nitrogens with zero attached hydrogens (tertiary/aromatic N) is 1. The van der Waals surface area contributed by atoms with Gasteiger partial charge in [0, 0.05) is 24.4 Å². The summed E-state index contributed by atoms with van der Waals surface area (Å²) in [5, 5.41) is 12.0. The fourth-order valence-corrected chi connectivity index (χ4v) is 4.58. The third kappa shape index (κ3) is 5.22. The van der Waals surface area contributed by atoms with E-state index < -0.39 is 23.7 Å². The Morgan fingerprint density at radius 3 is 2.32 bits per heavy atom. The Bertz CT molecular complexity index is 1040. The highest BCUT2D eigenvalue weighted by molar-refractivity contribution is 5.80. The summed E-state index contributed by atoms with van der Waals surface area (Å²) in [4.78, 5) is 37.8. The van der Waals surface area contributed by atoms with Crippen molar-refractivity contribution in [2.45, 2.75) is 44.2 Å². The van der Waals surface area contributed by atoms with E-state index in [-0.39, 0.29) is 38.0 Å². The van der Waals surface area contributed by atoms with Crippen molar-refractivity contribution in [1.82, 2.24) is 10.2 Å². The standard InChI is InChI=1S/C26H30N2O6/c1-26(2,12-11-23(29)28-13-14-33-22(15-28)24(30)31)27-25(32)34-16-21-19-9-5-3-7-17(19)18-8-4-6-10-20(18)21/h3-10,21-22H,11-16H2,1-2H3,(H,27,32)(H,30,31). The lowest BCUT2D eigenvalue weighted by atomic mass is 9.97. The molecule has 0 saturated carbocycles. The number of ether oxygens (including phenoxy) is 2. The van der Waals surface area contributed by atoms with Crippen molar-refractivity contribution in [1.29, 1.82) is 0 Å². The molecule has 2 aromatic carbocycles. The zero-order chi connectivity index (χ0) is 24.3. The van der Waals surface area contributed by atoms with Gasteiger partial charge in [-0.05, 0) is 42.5 Å². The highest BCUT2D eigenvalue weighted by Crippen LogP contribution is 2.44. The van der Waals surface area contributed by atoms with Gasteiger partial charge < -0.3 is 24.8 Å². The average molecular weight is 467 g/mol. The molecule has 34 heavy (non-hydrogen) atoms. The van der Waals surface area contributed by atoms with Gasteiger partial charge in [0.25, 0.3) is 0 Å². The van der Waals surface area contributed by atoms with Gasteiger partial charge in [-0.1, -0.05) is 48.5 Å². The second-order valence-electron chi connectivity index (χ2n) is 9.37. The van der Waals surface area contributed by atoms with Crippen LogP contribution >= 0.6 is 0 Å². The van der Waals surface area contributed by atoms with Gasteiger partial charge in [-0.3, -0.25) is 4.79 Å². The first kappa shape index (κ1) is 23.8. The molecule has 2 amide bonds. The first-order valence-corrected chi connectivity index (χ1v) is 11.5. The third-order valence-corrected chi connectivity index (χ3v) is 6.44. The summed E-state index contributed by atoms with van der Waals surface area (Å²) in [5.41, 5.74) is 3.95. The molecule has 1 aliphatic carbocycles. The molecule has 1 atom stereocenters. The molecule has 1 fully saturated rings. The summed E-state index contributed by atoms with van der Waals surface area (Å²) in [5.74, 6) is -1.25. The lowest BCUT2D eigenvalue weighted by Crippen LogP contribution is -2.49. The predicted molar refractivity (Wildman–Crippen MR) is 125 cm³/mol. The molecule has 4 rings (SSSR count). The van der Waals surface area contributed by atoms with Crippen LogP contribution < -0.4 is 5.32 Å². The molecule has 2 aromatic rings. The number of aliphatic carboxylic acids is 1. The van der Waals surface area contributed by atoms with E-state index in [1.54, 1.807) is 0 Å². The van der Waals surface area contributed by atoms with Gasteiger partial charge in [0.1, 0.15) is 6.61 Å². The van der Waals surface area contributed by atoms with Crippen LogP contribution in [0.4, 0.5) is 4.79 Å². The van der Waals surface area contributed by atoms with Crippen LogP contribution in [0.3, 0.4) is 0 Å². The first-order chi connectivity index (χ1) is 16.2. The first-order valence-electron chi connectivity index (χ1n) is 11.5. The molecule has 180 valence electrons. The van der Waals surface area contributed by atoms with Crippen LogP contribution in [0, 0.1) is 0 Å². The van der Waals surface area contributed by atoms with Crippen molar-refractivity contribution in [3.8, 4) is 11.1 Å². The van der Waals surface area contributed by atoms with Gasteiger partial charge >= 0.3 is 12.1 Å². The van der Waals surface area contributed by atoms with Crippen LogP contribution in [0.5, 0.6) is 0 Å². The Morgan fingerprint density at radius 1 is 1.09 bits per heavy atom. The number of morpholine rings is 1. The number of nitrogens with one attached hydrogen (secondary N) is 1. The summed E-state index contributed by atoms with van der Waals surface area (Å²) < 4.78 is 10.8. The lowest BCUT2D eigenvalue weighted by Gasteiger charge is -2.32. The molecule has 8 nitrogen and oxygen atoms in total. The second kappa shape index (κ2) is 9.85. The number of benzene rings is 2. The van der Waals surface area contributed by atoms with E-state index in [9.17, 15) is 14.4 Å². The Morgan fingerprint density at radius 2 is 1.71 bits per heavy atom. The van der Waals surface area contributed by atoms with Gasteiger partial charge in [0.05, 0.1) is 13.2 Å². The minimum atomic E-state index is -1.07. The largest absolute Gasteiger partial charge is 0.479 e. The van der Waals surface area contributed by atoms with Crippen LogP contribution in [0.25, 0.3) is 11.1 Å². The molecule has 2 aliphatic rings. The number of rotatable bonds is 7. The molecule has 0 bridgehead atoms. The van der Waals surface area contributed by atoms with Gasteiger partial charge in [-0.2, -0.15) is 0 Å². The number of fused-ring (bicyclic) bond motifs is 3. The van der Waals surface area contributed by atoms with Crippen molar-refractivity contribution < 1.29 is 29.0 Å².